The van der Waals surface area contributed by atoms with Crippen LogP contribution in [0, 0.1) is 0 Å². The number of pyridine rings is 1. The zero-order valence-electron chi connectivity index (χ0n) is 12.0. The molecule has 1 aromatic heterocycles. The zero-order valence-corrected chi connectivity index (χ0v) is 12.7. The topological polar surface area (TPSA) is 71.8 Å². The van der Waals surface area contributed by atoms with E-state index >= 15 is 0 Å². The van der Waals surface area contributed by atoms with Crippen LogP contribution >= 0.6 is 11.6 Å². The standard InChI is InChI=1S/C16H15ClN2O3/c1-2-22-16(20)12-6-7-18-14(10-12)15(19-21)9-11-4-3-5-13(17)8-11/h3-8,10,21H,2,9H2,1H3/b19-15+. The number of rotatable bonds is 5. The van der Waals surface area contributed by atoms with E-state index in [0.717, 1.165) is 5.56 Å². The van der Waals surface area contributed by atoms with Crippen LogP contribution in [0.1, 0.15) is 28.5 Å². The van der Waals surface area contributed by atoms with Crippen LogP contribution in [0.5, 0.6) is 0 Å². The number of carbonyl (C=O) groups is 1. The van der Waals surface area contributed by atoms with Gasteiger partial charge < -0.3 is 9.94 Å². The number of ether oxygens (including phenoxy) is 1. The molecule has 0 saturated heterocycles. The summed E-state index contributed by atoms with van der Waals surface area (Å²) in [5, 5.41) is 13.1. The van der Waals surface area contributed by atoms with Crippen molar-refractivity contribution in [2.75, 3.05) is 6.61 Å². The van der Waals surface area contributed by atoms with Gasteiger partial charge in [-0.1, -0.05) is 28.9 Å². The fourth-order valence-corrected chi connectivity index (χ4v) is 2.16. The van der Waals surface area contributed by atoms with Gasteiger partial charge in [-0.2, -0.15) is 0 Å². The smallest absolute Gasteiger partial charge is 0.338 e. The van der Waals surface area contributed by atoms with E-state index in [-0.39, 0.29) is 0 Å². The number of nitrogens with zero attached hydrogens (tertiary/aromatic N) is 2. The monoisotopic (exact) mass is 318 g/mol. The van der Waals surface area contributed by atoms with E-state index in [0.29, 0.717) is 35.0 Å². The third-order valence-corrected chi connectivity index (χ3v) is 3.18. The number of halogens is 1. The van der Waals surface area contributed by atoms with Crippen LogP contribution in [0.4, 0.5) is 0 Å². The number of esters is 1. The second-order valence-corrected chi connectivity index (χ2v) is 4.94. The summed E-state index contributed by atoms with van der Waals surface area (Å²) in [4.78, 5) is 15.9. The quantitative estimate of drug-likeness (QED) is 0.397. The summed E-state index contributed by atoms with van der Waals surface area (Å²) in [5.41, 5.74) is 1.99. The molecule has 0 aliphatic carbocycles. The molecule has 0 amide bonds. The Balaban J connectivity index is 2.25. The van der Waals surface area contributed by atoms with E-state index in [1.165, 1.54) is 12.3 Å². The highest BCUT2D eigenvalue weighted by molar-refractivity contribution is 6.30. The van der Waals surface area contributed by atoms with Gasteiger partial charge in [0.05, 0.1) is 17.9 Å². The van der Waals surface area contributed by atoms with E-state index < -0.39 is 5.97 Å². The molecule has 2 rings (SSSR count). The minimum atomic E-state index is -0.439. The minimum absolute atomic E-state index is 0.292. The van der Waals surface area contributed by atoms with Crippen LogP contribution in [-0.2, 0) is 11.2 Å². The highest BCUT2D eigenvalue weighted by atomic mass is 35.5. The molecule has 1 heterocycles. The Hall–Kier alpha value is -2.40. The maximum atomic E-state index is 11.7. The molecule has 0 bridgehead atoms. The summed E-state index contributed by atoms with van der Waals surface area (Å²) < 4.78 is 4.94. The number of hydrogen-bond acceptors (Lipinski definition) is 5. The van der Waals surface area contributed by atoms with Crippen LogP contribution in [0.25, 0.3) is 0 Å². The molecule has 0 aliphatic heterocycles. The van der Waals surface area contributed by atoms with Crippen molar-refractivity contribution in [3.63, 3.8) is 0 Å². The van der Waals surface area contributed by atoms with E-state index in [2.05, 4.69) is 10.1 Å². The van der Waals surface area contributed by atoms with Gasteiger partial charge in [0.15, 0.2) is 0 Å². The van der Waals surface area contributed by atoms with Crippen LogP contribution in [0.2, 0.25) is 5.02 Å². The lowest BCUT2D eigenvalue weighted by molar-refractivity contribution is 0.0526. The van der Waals surface area contributed by atoms with Crippen molar-refractivity contribution in [2.45, 2.75) is 13.3 Å². The Kier molecular flexibility index (Phi) is 5.49. The summed E-state index contributed by atoms with van der Waals surface area (Å²) in [5.74, 6) is -0.439. The number of carbonyl (C=O) groups excluding carboxylic acids is 1. The Bertz CT molecular complexity index is 701. The molecule has 5 nitrogen and oxygen atoms in total. The van der Waals surface area contributed by atoms with E-state index in [4.69, 9.17) is 16.3 Å². The van der Waals surface area contributed by atoms with Gasteiger partial charge in [-0.25, -0.2) is 4.79 Å². The lowest BCUT2D eigenvalue weighted by Gasteiger charge is -2.07. The van der Waals surface area contributed by atoms with Gasteiger partial charge >= 0.3 is 5.97 Å². The molecule has 0 aliphatic rings. The van der Waals surface area contributed by atoms with Crippen molar-refractivity contribution in [3.8, 4) is 0 Å². The van der Waals surface area contributed by atoms with Crippen molar-refractivity contribution in [3.05, 3.63) is 64.4 Å². The second kappa shape index (κ2) is 7.56. The van der Waals surface area contributed by atoms with Crippen LogP contribution in [-0.4, -0.2) is 28.5 Å². The van der Waals surface area contributed by atoms with E-state index in [9.17, 15) is 10.0 Å². The number of aromatic nitrogens is 1. The van der Waals surface area contributed by atoms with Crippen LogP contribution in [0.3, 0.4) is 0 Å². The maximum absolute atomic E-state index is 11.7. The molecule has 0 fully saturated rings. The van der Waals surface area contributed by atoms with Gasteiger partial charge in [0.25, 0.3) is 0 Å². The van der Waals surface area contributed by atoms with Gasteiger partial charge in [-0.3, -0.25) is 4.98 Å². The fourth-order valence-electron chi connectivity index (χ4n) is 1.95. The van der Waals surface area contributed by atoms with Crippen molar-refractivity contribution >= 4 is 23.3 Å². The van der Waals surface area contributed by atoms with Crippen molar-refractivity contribution in [2.24, 2.45) is 5.16 Å². The van der Waals surface area contributed by atoms with Crippen LogP contribution < -0.4 is 0 Å². The minimum Gasteiger partial charge on any atom is -0.462 e. The average Bonchev–Trinajstić information content (AvgIpc) is 2.53. The summed E-state index contributed by atoms with van der Waals surface area (Å²) in [6.07, 6.45) is 1.82. The zero-order chi connectivity index (χ0) is 15.9. The third-order valence-electron chi connectivity index (χ3n) is 2.95. The van der Waals surface area contributed by atoms with Crippen molar-refractivity contribution in [1.82, 2.24) is 4.98 Å². The summed E-state index contributed by atoms with van der Waals surface area (Å²) in [6, 6.07) is 10.3. The summed E-state index contributed by atoms with van der Waals surface area (Å²) >= 11 is 5.94. The van der Waals surface area contributed by atoms with E-state index in [1.807, 2.05) is 12.1 Å². The first-order chi connectivity index (χ1) is 10.6. The molecule has 6 heteroatoms. The highest BCUT2D eigenvalue weighted by Crippen LogP contribution is 2.14. The molecular weight excluding hydrogens is 304 g/mol. The lowest BCUT2D eigenvalue weighted by atomic mass is 10.0. The first kappa shape index (κ1) is 16.0. The first-order valence-electron chi connectivity index (χ1n) is 6.73. The normalized spacial score (nSPS) is 11.3. The van der Waals surface area contributed by atoms with Gasteiger partial charge in [-0.05, 0) is 36.8 Å². The predicted octanol–water partition coefficient (Wildman–Crippen LogP) is 3.33. The lowest BCUT2D eigenvalue weighted by Crippen LogP contribution is -2.11. The SMILES string of the molecule is CCOC(=O)c1ccnc(/C(Cc2cccc(Cl)c2)=N/O)c1. The number of oxime groups is 1. The highest BCUT2D eigenvalue weighted by Gasteiger charge is 2.12. The Labute approximate surface area is 133 Å². The Morgan fingerprint density at radius 3 is 2.86 bits per heavy atom. The average molecular weight is 319 g/mol. The Morgan fingerprint density at radius 2 is 2.18 bits per heavy atom. The van der Waals surface area contributed by atoms with Crippen LogP contribution in [0.15, 0.2) is 47.8 Å². The summed E-state index contributed by atoms with van der Waals surface area (Å²) in [6.45, 7) is 2.03. The number of hydrogen-bond donors (Lipinski definition) is 1. The van der Waals surface area contributed by atoms with Crippen molar-refractivity contribution < 1.29 is 14.7 Å². The van der Waals surface area contributed by atoms with Gasteiger partial charge in [-0.15, -0.1) is 0 Å². The first-order valence-corrected chi connectivity index (χ1v) is 7.10. The fraction of sp³-hybridized carbons (Fsp3) is 0.188. The van der Waals surface area contributed by atoms with Crippen molar-refractivity contribution in [1.29, 1.82) is 0 Å². The molecule has 0 unspecified atom stereocenters. The van der Waals surface area contributed by atoms with Gasteiger partial charge in [0, 0.05) is 17.6 Å². The number of benzene rings is 1. The Morgan fingerprint density at radius 1 is 1.36 bits per heavy atom. The molecule has 0 spiro atoms. The molecule has 1 aromatic carbocycles. The molecular formula is C16H15ClN2O3. The molecule has 114 valence electrons. The molecule has 0 radical (unpaired) electrons. The predicted molar refractivity (Wildman–Crippen MR) is 83.7 cm³/mol. The summed E-state index contributed by atoms with van der Waals surface area (Å²) in [7, 11) is 0. The van der Waals surface area contributed by atoms with Gasteiger partial charge in [0.2, 0.25) is 0 Å². The molecule has 2 aromatic rings. The largest absolute Gasteiger partial charge is 0.462 e. The third kappa shape index (κ3) is 4.05. The molecule has 22 heavy (non-hydrogen) atoms. The molecule has 0 saturated carbocycles. The molecule has 0 atom stereocenters. The van der Waals surface area contributed by atoms with E-state index in [1.54, 1.807) is 25.1 Å². The second-order valence-electron chi connectivity index (χ2n) is 4.50. The van der Waals surface area contributed by atoms with Gasteiger partial charge in [0.1, 0.15) is 5.71 Å². The molecule has 1 N–H and O–H groups in total. The maximum Gasteiger partial charge on any atom is 0.338 e.